The Morgan fingerprint density at radius 2 is 1.82 bits per heavy atom. The number of nitrogens with zero attached hydrogens (tertiary/aromatic N) is 1. The number of amides is 1. The predicted octanol–water partition coefficient (Wildman–Crippen LogP) is 0.615. The summed E-state index contributed by atoms with van der Waals surface area (Å²) in [5.74, 6) is 0.161. The highest BCUT2D eigenvalue weighted by molar-refractivity contribution is 5.78. The molecule has 1 N–H and O–H groups in total. The van der Waals surface area contributed by atoms with Crippen molar-refractivity contribution in [2.45, 2.75) is 38.1 Å². The molecule has 0 atom stereocenters. The lowest BCUT2D eigenvalue weighted by atomic mass is 9.86. The van der Waals surface area contributed by atoms with Gasteiger partial charge in [0.1, 0.15) is 0 Å². The Labute approximate surface area is 103 Å². The van der Waals surface area contributed by atoms with Crippen LogP contribution in [0.25, 0.3) is 0 Å². The first-order valence-corrected chi connectivity index (χ1v) is 6.07. The van der Waals surface area contributed by atoms with Crippen LogP contribution in [0.5, 0.6) is 0 Å². The normalized spacial score (nSPS) is 25.0. The zero-order valence-corrected chi connectivity index (χ0v) is 10.9. The molecule has 0 bridgehead atoms. The van der Waals surface area contributed by atoms with E-state index in [0.717, 1.165) is 25.7 Å². The number of carbonyl (C=O) groups excluding carboxylic acids is 1. The third-order valence-electron chi connectivity index (χ3n) is 3.37. The van der Waals surface area contributed by atoms with Crippen molar-refractivity contribution >= 4 is 5.91 Å². The Kier molecular flexibility index (Phi) is 5.88. The number of carbonyl (C=O) groups is 1. The average molecular weight is 245 g/mol. The van der Waals surface area contributed by atoms with Crippen molar-refractivity contribution in [2.24, 2.45) is 5.92 Å². The van der Waals surface area contributed by atoms with E-state index in [9.17, 15) is 9.90 Å². The summed E-state index contributed by atoms with van der Waals surface area (Å²) in [6.45, 7) is 0.435. The van der Waals surface area contributed by atoms with Crippen LogP contribution in [0.1, 0.15) is 25.7 Å². The van der Waals surface area contributed by atoms with Crippen LogP contribution in [-0.4, -0.2) is 56.1 Å². The first-order valence-electron chi connectivity index (χ1n) is 6.07. The largest absolute Gasteiger partial charge is 0.393 e. The number of ether oxygens (including phenoxy) is 2. The molecule has 5 heteroatoms. The van der Waals surface area contributed by atoms with Gasteiger partial charge in [0.2, 0.25) is 5.91 Å². The van der Waals surface area contributed by atoms with Crippen molar-refractivity contribution in [3.63, 3.8) is 0 Å². The fourth-order valence-corrected chi connectivity index (χ4v) is 2.19. The molecule has 1 saturated carbocycles. The Hall–Kier alpha value is -0.650. The van der Waals surface area contributed by atoms with Crippen LogP contribution in [0.3, 0.4) is 0 Å². The van der Waals surface area contributed by atoms with E-state index in [1.165, 1.54) is 0 Å². The van der Waals surface area contributed by atoms with Gasteiger partial charge in [-0.3, -0.25) is 4.79 Å². The number of hydrogen-bond donors (Lipinski definition) is 1. The van der Waals surface area contributed by atoms with Crippen molar-refractivity contribution in [3.8, 4) is 0 Å². The molecule has 1 rings (SSSR count). The monoisotopic (exact) mass is 245 g/mol. The minimum atomic E-state index is -0.377. The smallest absolute Gasteiger partial charge is 0.225 e. The maximum atomic E-state index is 12.1. The molecular weight excluding hydrogens is 222 g/mol. The highest BCUT2D eigenvalue weighted by atomic mass is 16.7. The molecule has 0 unspecified atom stereocenters. The molecule has 1 amide bonds. The molecule has 5 nitrogen and oxygen atoms in total. The summed E-state index contributed by atoms with van der Waals surface area (Å²) in [6.07, 6.45) is 2.39. The molecule has 100 valence electrons. The van der Waals surface area contributed by atoms with Crippen LogP contribution in [-0.2, 0) is 14.3 Å². The van der Waals surface area contributed by atoms with Crippen LogP contribution in [0.4, 0.5) is 0 Å². The quantitative estimate of drug-likeness (QED) is 0.721. The van der Waals surface area contributed by atoms with Gasteiger partial charge in [-0.25, -0.2) is 0 Å². The molecule has 0 spiro atoms. The SMILES string of the molecule is COC(CN(C)C(=O)C1CCC(O)CC1)OC. The molecule has 0 aromatic carbocycles. The second kappa shape index (κ2) is 6.93. The van der Waals surface area contributed by atoms with E-state index in [4.69, 9.17) is 9.47 Å². The number of aliphatic hydroxyl groups excluding tert-OH is 1. The van der Waals surface area contributed by atoms with E-state index >= 15 is 0 Å². The van der Waals surface area contributed by atoms with Gasteiger partial charge in [-0.15, -0.1) is 0 Å². The van der Waals surface area contributed by atoms with Gasteiger partial charge in [0.05, 0.1) is 12.6 Å². The van der Waals surface area contributed by atoms with Crippen LogP contribution in [0, 0.1) is 5.92 Å². The molecule has 0 aromatic rings. The number of likely N-dealkylation sites (N-methyl/N-ethyl adjacent to an activating group) is 1. The zero-order valence-electron chi connectivity index (χ0n) is 10.9. The van der Waals surface area contributed by atoms with E-state index in [1.54, 1.807) is 26.2 Å². The summed E-state index contributed by atoms with van der Waals surface area (Å²) in [7, 11) is 4.88. The second-order valence-electron chi connectivity index (χ2n) is 4.63. The summed E-state index contributed by atoms with van der Waals surface area (Å²) < 4.78 is 10.1. The van der Waals surface area contributed by atoms with Gasteiger partial charge < -0.3 is 19.5 Å². The van der Waals surface area contributed by atoms with Crippen molar-refractivity contribution in [3.05, 3.63) is 0 Å². The average Bonchev–Trinajstić information content (AvgIpc) is 2.35. The summed E-state index contributed by atoms with van der Waals surface area (Å²) >= 11 is 0. The van der Waals surface area contributed by atoms with Crippen molar-refractivity contribution < 1.29 is 19.4 Å². The number of methoxy groups -OCH3 is 2. The van der Waals surface area contributed by atoms with Gasteiger partial charge in [0.25, 0.3) is 0 Å². The Bertz CT molecular complexity index is 235. The van der Waals surface area contributed by atoms with Gasteiger partial charge in [-0.05, 0) is 25.7 Å². The van der Waals surface area contributed by atoms with Gasteiger partial charge >= 0.3 is 0 Å². The second-order valence-corrected chi connectivity index (χ2v) is 4.63. The molecule has 0 radical (unpaired) electrons. The highest BCUT2D eigenvalue weighted by Crippen LogP contribution is 2.25. The molecule has 0 aliphatic heterocycles. The molecule has 0 heterocycles. The lowest BCUT2D eigenvalue weighted by molar-refractivity contribution is -0.148. The molecule has 0 saturated heterocycles. The lowest BCUT2D eigenvalue weighted by Gasteiger charge is -2.29. The molecule has 1 fully saturated rings. The van der Waals surface area contributed by atoms with E-state index < -0.39 is 0 Å². The summed E-state index contributed by atoms with van der Waals surface area (Å²) in [5.41, 5.74) is 0. The van der Waals surface area contributed by atoms with Crippen LogP contribution in [0.15, 0.2) is 0 Å². The van der Waals surface area contributed by atoms with Gasteiger partial charge in [-0.1, -0.05) is 0 Å². The van der Waals surface area contributed by atoms with E-state index in [1.807, 2.05) is 0 Å². The molecule has 1 aliphatic rings. The topological polar surface area (TPSA) is 59.0 Å². The van der Waals surface area contributed by atoms with Crippen LogP contribution in [0.2, 0.25) is 0 Å². The lowest BCUT2D eigenvalue weighted by Crippen LogP contribution is -2.40. The van der Waals surface area contributed by atoms with E-state index in [2.05, 4.69) is 0 Å². The molecular formula is C12H23NO4. The van der Waals surface area contributed by atoms with Crippen molar-refractivity contribution in [1.29, 1.82) is 0 Å². The van der Waals surface area contributed by atoms with E-state index in [0.29, 0.717) is 6.54 Å². The fraction of sp³-hybridized carbons (Fsp3) is 0.917. The predicted molar refractivity (Wildman–Crippen MR) is 63.4 cm³/mol. The van der Waals surface area contributed by atoms with Gasteiger partial charge in [-0.2, -0.15) is 0 Å². The van der Waals surface area contributed by atoms with Crippen LogP contribution >= 0.6 is 0 Å². The minimum Gasteiger partial charge on any atom is -0.393 e. The molecule has 1 aliphatic carbocycles. The molecule has 17 heavy (non-hydrogen) atoms. The Morgan fingerprint density at radius 1 is 1.29 bits per heavy atom. The first kappa shape index (κ1) is 14.4. The van der Waals surface area contributed by atoms with Crippen molar-refractivity contribution in [1.82, 2.24) is 4.90 Å². The summed E-state index contributed by atoms with van der Waals surface area (Å²) in [5, 5.41) is 9.40. The highest BCUT2D eigenvalue weighted by Gasteiger charge is 2.28. The number of aliphatic hydroxyl groups is 1. The minimum absolute atomic E-state index is 0.0396. The fourth-order valence-electron chi connectivity index (χ4n) is 2.19. The maximum absolute atomic E-state index is 12.1. The zero-order chi connectivity index (χ0) is 12.8. The standard InChI is InChI=1S/C12H23NO4/c1-13(8-11(16-2)17-3)12(15)9-4-6-10(14)7-5-9/h9-11,14H,4-8H2,1-3H3. The molecule has 0 aromatic heterocycles. The van der Waals surface area contributed by atoms with Crippen LogP contribution < -0.4 is 0 Å². The summed E-state index contributed by atoms with van der Waals surface area (Å²) in [4.78, 5) is 13.8. The number of hydrogen-bond acceptors (Lipinski definition) is 4. The van der Waals surface area contributed by atoms with Gasteiger partial charge in [0, 0.05) is 27.2 Å². The Morgan fingerprint density at radius 3 is 2.29 bits per heavy atom. The van der Waals surface area contributed by atoms with Crippen molar-refractivity contribution in [2.75, 3.05) is 27.8 Å². The Balaban J connectivity index is 2.40. The maximum Gasteiger partial charge on any atom is 0.225 e. The third kappa shape index (κ3) is 4.26. The number of rotatable bonds is 5. The summed E-state index contributed by atoms with van der Waals surface area (Å²) in [6, 6.07) is 0. The van der Waals surface area contributed by atoms with E-state index in [-0.39, 0.29) is 24.2 Å². The third-order valence-corrected chi connectivity index (χ3v) is 3.37. The van der Waals surface area contributed by atoms with Gasteiger partial charge in [0.15, 0.2) is 6.29 Å². The first-order chi connectivity index (χ1) is 8.08.